The van der Waals surface area contributed by atoms with E-state index in [4.69, 9.17) is 0 Å². The van der Waals surface area contributed by atoms with Crippen LogP contribution in [0.1, 0.15) is 11.7 Å². The molecule has 1 rings (SSSR count). The normalized spacial score (nSPS) is 12.9. The summed E-state index contributed by atoms with van der Waals surface area (Å²) < 4.78 is 0. The van der Waals surface area contributed by atoms with Crippen LogP contribution in [0.5, 0.6) is 0 Å². The molecule has 0 saturated heterocycles. The summed E-state index contributed by atoms with van der Waals surface area (Å²) in [7, 11) is 1.85. The lowest BCUT2D eigenvalue weighted by atomic mass is 10.2. The summed E-state index contributed by atoms with van der Waals surface area (Å²) in [5, 5.41) is 13.1. The lowest BCUT2D eigenvalue weighted by Gasteiger charge is -2.04. The van der Waals surface area contributed by atoms with Gasteiger partial charge < -0.3 is 5.32 Å². The molecule has 1 atom stereocenters. The van der Waals surface area contributed by atoms with E-state index in [2.05, 4.69) is 27.3 Å². The van der Waals surface area contributed by atoms with E-state index >= 15 is 0 Å². The van der Waals surface area contributed by atoms with Crippen LogP contribution in [0, 0.1) is 0 Å². The molecule has 10 heavy (non-hydrogen) atoms. The number of aromatic nitrogens is 3. The minimum Gasteiger partial charge on any atom is -0.308 e. The Morgan fingerprint density at radius 3 is 3.10 bits per heavy atom. The third-order valence-electron chi connectivity index (χ3n) is 1.30. The van der Waals surface area contributed by atoms with Crippen molar-refractivity contribution in [3.8, 4) is 0 Å². The third kappa shape index (κ3) is 1.22. The molecule has 0 aromatic carbocycles. The van der Waals surface area contributed by atoms with E-state index in [9.17, 15) is 0 Å². The van der Waals surface area contributed by atoms with E-state index in [1.54, 1.807) is 12.3 Å². The summed E-state index contributed by atoms with van der Waals surface area (Å²) in [6.45, 7) is 3.64. The van der Waals surface area contributed by atoms with Gasteiger partial charge in [-0.1, -0.05) is 6.08 Å². The van der Waals surface area contributed by atoms with Gasteiger partial charge in [-0.2, -0.15) is 15.4 Å². The zero-order valence-electron chi connectivity index (χ0n) is 5.83. The highest BCUT2D eigenvalue weighted by Crippen LogP contribution is 2.06. The maximum Gasteiger partial charge on any atom is 0.103 e. The van der Waals surface area contributed by atoms with Crippen LogP contribution < -0.4 is 5.32 Å². The van der Waals surface area contributed by atoms with Crippen LogP contribution in [-0.4, -0.2) is 22.5 Å². The smallest absolute Gasteiger partial charge is 0.103 e. The fourth-order valence-electron chi connectivity index (χ4n) is 0.747. The molecule has 2 N–H and O–H groups in total. The highest BCUT2D eigenvalue weighted by atomic mass is 15.3. The summed E-state index contributed by atoms with van der Waals surface area (Å²) in [4.78, 5) is 0. The molecule has 0 fully saturated rings. The minimum absolute atomic E-state index is 0.0961. The van der Waals surface area contributed by atoms with Gasteiger partial charge in [0.2, 0.25) is 0 Å². The standard InChI is InChI=1S/C6H10N4/c1-3-5(7-2)6-4-8-10-9-6/h3-5,7H,1H2,2H3,(H,8,9,10). The molecule has 0 aliphatic rings. The quantitative estimate of drug-likeness (QED) is 0.589. The van der Waals surface area contributed by atoms with Gasteiger partial charge in [0, 0.05) is 0 Å². The van der Waals surface area contributed by atoms with Crippen LogP contribution in [0.2, 0.25) is 0 Å². The van der Waals surface area contributed by atoms with Gasteiger partial charge in [-0.25, -0.2) is 0 Å². The molecule has 1 heterocycles. The molecule has 1 unspecified atom stereocenters. The fourth-order valence-corrected chi connectivity index (χ4v) is 0.747. The molecule has 4 heteroatoms. The first-order valence-electron chi connectivity index (χ1n) is 3.04. The Kier molecular flexibility index (Phi) is 2.17. The summed E-state index contributed by atoms with van der Waals surface area (Å²) in [6, 6.07) is 0.0961. The molecule has 0 amide bonds. The van der Waals surface area contributed by atoms with Gasteiger partial charge in [-0.3, -0.25) is 0 Å². The van der Waals surface area contributed by atoms with Crippen molar-refractivity contribution >= 4 is 0 Å². The van der Waals surface area contributed by atoms with E-state index in [-0.39, 0.29) is 6.04 Å². The first-order chi connectivity index (χ1) is 4.88. The number of nitrogens with zero attached hydrogens (tertiary/aromatic N) is 2. The first-order valence-corrected chi connectivity index (χ1v) is 3.04. The maximum atomic E-state index is 3.89. The number of rotatable bonds is 3. The molecule has 0 bridgehead atoms. The Balaban J connectivity index is 2.73. The zero-order chi connectivity index (χ0) is 7.40. The topological polar surface area (TPSA) is 53.6 Å². The molecule has 0 saturated carbocycles. The Morgan fingerprint density at radius 2 is 2.70 bits per heavy atom. The maximum absolute atomic E-state index is 3.89. The molecule has 0 aliphatic heterocycles. The van der Waals surface area contributed by atoms with Gasteiger partial charge >= 0.3 is 0 Å². The SMILES string of the molecule is C=CC(NC)c1cn[nH]n1. The van der Waals surface area contributed by atoms with Crippen LogP contribution in [0.25, 0.3) is 0 Å². The number of likely N-dealkylation sites (N-methyl/N-ethyl adjacent to an activating group) is 1. The van der Waals surface area contributed by atoms with E-state index in [1.807, 2.05) is 7.05 Å². The monoisotopic (exact) mass is 138 g/mol. The van der Waals surface area contributed by atoms with E-state index in [0.29, 0.717) is 0 Å². The van der Waals surface area contributed by atoms with Crippen LogP contribution in [0.4, 0.5) is 0 Å². The van der Waals surface area contributed by atoms with Crippen molar-refractivity contribution in [2.24, 2.45) is 0 Å². The van der Waals surface area contributed by atoms with Crippen molar-refractivity contribution < 1.29 is 0 Å². The van der Waals surface area contributed by atoms with Gasteiger partial charge in [0.1, 0.15) is 5.69 Å². The van der Waals surface area contributed by atoms with E-state index in [0.717, 1.165) is 5.69 Å². The van der Waals surface area contributed by atoms with Crippen molar-refractivity contribution in [1.82, 2.24) is 20.7 Å². The van der Waals surface area contributed by atoms with Crippen LogP contribution in [0.15, 0.2) is 18.9 Å². The van der Waals surface area contributed by atoms with Gasteiger partial charge in [-0.15, -0.1) is 6.58 Å². The Bertz CT molecular complexity index is 192. The lowest BCUT2D eigenvalue weighted by Crippen LogP contribution is -2.13. The Morgan fingerprint density at radius 1 is 1.90 bits per heavy atom. The van der Waals surface area contributed by atoms with Gasteiger partial charge in [0.25, 0.3) is 0 Å². The summed E-state index contributed by atoms with van der Waals surface area (Å²) in [6.07, 6.45) is 3.45. The second kappa shape index (κ2) is 3.12. The number of H-pyrrole nitrogens is 1. The van der Waals surface area contributed by atoms with Gasteiger partial charge in [0.15, 0.2) is 0 Å². The molecular formula is C6H10N4. The lowest BCUT2D eigenvalue weighted by molar-refractivity contribution is 0.689. The number of hydrogen-bond acceptors (Lipinski definition) is 3. The third-order valence-corrected chi connectivity index (χ3v) is 1.30. The molecule has 54 valence electrons. The van der Waals surface area contributed by atoms with Crippen LogP contribution in [0.3, 0.4) is 0 Å². The number of hydrogen-bond donors (Lipinski definition) is 2. The van der Waals surface area contributed by atoms with E-state index in [1.165, 1.54) is 0 Å². The summed E-state index contributed by atoms with van der Waals surface area (Å²) in [5.41, 5.74) is 0.859. The van der Waals surface area contributed by atoms with Crippen LogP contribution in [-0.2, 0) is 0 Å². The molecule has 0 spiro atoms. The first kappa shape index (κ1) is 6.95. The molecule has 1 aromatic heterocycles. The van der Waals surface area contributed by atoms with Crippen LogP contribution >= 0.6 is 0 Å². The predicted octanol–water partition coefficient (Wildman–Crippen LogP) is 0.251. The highest BCUT2D eigenvalue weighted by Gasteiger charge is 2.05. The van der Waals surface area contributed by atoms with Gasteiger partial charge in [-0.05, 0) is 7.05 Å². The zero-order valence-corrected chi connectivity index (χ0v) is 5.83. The van der Waals surface area contributed by atoms with Crippen molar-refractivity contribution in [3.05, 3.63) is 24.5 Å². The largest absolute Gasteiger partial charge is 0.308 e. The fraction of sp³-hybridized carbons (Fsp3) is 0.333. The average Bonchev–Trinajstić information content (AvgIpc) is 2.43. The second-order valence-electron chi connectivity index (χ2n) is 1.90. The van der Waals surface area contributed by atoms with Crippen molar-refractivity contribution in [3.63, 3.8) is 0 Å². The molecular weight excluding hydrogens is 128 g/mol. The second-order valence-corrected chi connectivity index (χ2v) is 1.90. The van der Waals surface area contributed by atoms with Gasteiger partial charge in [0.05, 0.1) is 12.2 Å². The Labute approximate surface area is 59.3 Å². The average molecular weight is 138 g/mol. The van der Waals surface area contributed by atoms with Crippen molar-refractivity contribution in [2.75, 3.05) is 7.05 Å². The molecule has 4 nitrogen and oxygen atoms in total. The summed E-state index contributed by atoms with van der Waals surface area (Å²) >= 11 is 0. The molecule has 1 aromatic rings. The van der Waals surface area contributed by atoms with Crippen molar-refractivity contribution in [1.29, 1.82) is 0 Å². The highest BCUT2D eigenvalue weighted by molar-refractivity contribution is 5.06. The Hall–Kier alpha value is -1.16. The van der Waals surface area contributed by atoms with E-state index < -0.39 is 0 Å². The number of aromatic amines is 1. The summed E-state index contributed by atoms with van der Waals surface area (Å²) in [5.74, 6) is 0. The minimum atomic E-state index is 0.0961. The molecule has 0 aliphatic carbocycles. The predicted molar refractivity (Wildman–Crippen MR) is 38.4 cm³/mol. The van der Waals surface area contributed by atoms with Crippen molar-refractivity contribution in [2.45, 2.75) is 6.04 Å². The number of nitrogens with one attached hydrogen (secondary N) is 2. The molecule has 0 radical (unpaired) electrons.